The van der Waals surface area contributed by atoms with Gasteiger partial charge in [-0.3, -0.25) is 4.79 Å². The Morgan fingerprint density at radius 3 is 2.16 bits per heavy atom. The molecule has 3 aromatic carbocycles. The van der Waals surface area contributed by atoms with Gasteiger partial charge in [-0.05, 0) is 71.8 Å². The summed E-state index contributed by atoms with van der Waals surface area (Å²) in [6.07, 6.45) is 1.34. The zero-order valence-corrected chi connectivity index (χ0v) is 21.2. The number of aromatic carboxylic acids is 1. The van der Waals surface area contributed by atoms with E-state index in [4.69, 9.17) is 4.74 Å². The predicted molar refractivity (Wildman–Crippen MR) is 143 cm³/mol. The number of ether oxygens (including phenoxy) is 1. The van der Waals surface area contributed by atoms with Crippen LogP contribution in [-0.4, -0.2) is 47.6 Å². The van der Waals surface area contributed by atoms with Gasteiger partial charge >= 0.3 is 12.0 Å². The number of benzene rings is 3. The van der Waals surface area contributed by atoms with Gasteiger partial charge in [0, 0.05) is 17.9 Å². The molecule has 0 spiro atoms. The minimum absolute atomic E-state index is 0.0767. The molecule has 1 fully saturated rings. The van der Waals surface area contributed by atoms with Crippen molar-refractivity contribution in [1.82, 2.24) is 4.90 Å². The fourth-order valence-corrected chi connectivity index (χ4v) is 4.46. The highest BCUT2D eigenvalue weighted by atomic mass is 16.5. The topological polar surface area (TPSA) is 108 Å². The molecule has 1 heterocycles. The maximum atomic E-state index is 13.0. The fraction of sp³-hybridized carbons (Fsp3) is 0.276. The predicted octanol–water partition coefficient (Wildman–Crippen LogP) is 5.82. The summed E-state index contributed by atoms with van der Waals surface area (Å²) in [6.45, 7) is 4.74. The van der Waals surface area contributed by atoms with Gasteiger partial charge in [-0.1, -0.05) is 44.2 Å². The highest BCUT2D eigenvalue weighted by molar-refractivity contribution is 6.00. The van der Waals surface area contributed by atoms with Crippen molar-refractivity contribution in [3.8, 4) is 16.9 Å². The lowest BCUT2D eigenvalue weighted by Crippen LogP contribution is -2.45. The second kappa shape index (κ2) is 11.2. The van der Waals surface area contributed by atoms with E-state index in [0.717, 1.165) is 17.5 Å². The van der Waals surface area contributed by atoms with Crippen LogP contribution >= 0.6 is 0 Å². The van der Waals surface area contributed by atoms with E-state index in [-0.39, 0.29) is 23.3 Å². The van der Waals surface area contributed by atoms with Gasteiger partial charge < -0.3 is 25.4 Å². The zero-order chi connectivity index (χ0) is 26.5. The maximum absolute atomic E-state index is 13.0. The van der Waals surface area contributed by atoms with Crippen LogP contribution in [0.5, 0.6) is 5.75 Å². The van der Waals surface area contributed by atoms with E-state index >= 15 is 0 Å². The van der Waals surface area contributed by atoms with Crippen molar-refractivity contribution in [2.75, 3.05) is 24.3 Å². The molecule has 192 valence electrons. The average molecular weight is 502 g/mol. The number of carbonyl (C=O) groups excluding carboxylic acids is 2. The quantitative estimate of drug-likeness (QED) is 0.378. The van der Waals surface area contributed by atoms with Gasteiger partial charge in [-0.15, -0.1) is 0 Å². The molecule has 0 aliphatic carbocycles. The summed E-state index contributed by atoms with van der Waals surface area (Å²) >= 11 is 0. The summed E-state index contributed by atoms with van der Waals surface area (Å²) in [4.78, 5) is 39.0. The maximum Gasteiger partial charge on any atom is 0.339 e. The van der Waals surface area contributed by atoms with Gasteiger partial charge in [0.05, 0.1) is 7.11 Å². The number of carbonyl (C=O) groups is 3. The Labute approximate surface area is 216 Å². The molecule has 1 saturated heterocycles. The van der Waals surface area contributed by atoms with E-state index in [2.05, 4.69) is 24.5 Å². The van der Waals surface area contributed by atoms with Crippen LogP contribution in [0.2, 0.25) is 0 Å². The van der Waals surface area contributed by atoms with Crippen LogP contribution in [0.1, 0.15) is 48.5 Å². The molecule has 3 aromatic rings. The zero-order valence-electron chi connectivity index (χ0n) is 21.2. The number of amides is 3. The van der Waals surface area contributed by atoms with Crippen molar-refractivity contribution in [1.29, 1.82) is 0 Å². The Morgan fingerprint density at radius 2 is 1.54 bits per heavy atom. The van der Waals surface area contributed by atoms with E-state index in [9.17, 15) is 19.5 Å². The number of urea groups is 1. The van der Waals surface area contributed by atoms with Gasteiger partial charge in [0.2, 0.25) is 5.91 Å². The summed E-state index contributed by atoms with van der Waals surface area (Å²) in [7, 11) is 1.43. The molecular formula is C29H31N3O5. The lowest BCUT2D eigenvalue weighted by Gasteiger charge is -2.24. The van der Waals surface area contributed by atoms with Gasteiger partial charge in [-0.2, -0.15) is 0 Å². The average Bonchev–Trinajstić information content (AvgIpc) is 3.39. The molecule has 0 saturated carbocycles. The van der Waals surface area contributed by atoms with E-state index in [1.165, 1.54) is 12.7 Å². The van der Waals surface area contributed by atoms with Crippen molar-refractivity contribution < 1.29 is 24.2 Å². The van der Waals surface area contributed by atoms with Crippen molar-refractivity contribution in [3.05, 3.63) is 77.9 Å². The van der Waals surface area contributed by atoms with Crippen molar-refractivity contribution in [2.24, 2.45) is 0 Å². The van der Waals surface area contributed by atoms with Crippen LogP contribution in [0.4, 0.5) is 16.2 Å². The molecule has 0 unspecified atom stereocenters. The Morgan fingerprint density at radius 1 is 0.919 bits per heavy atom. The first-order valence-electron chi connectivity index (χ1n) is 12.3. The largest absolute Gasteiger partial charge is 0.496 e. The molecule has 8 nitrogen and oxygen atoms in total. The third kappa shape index (κ3) is 5.91. The molecule has 1 atom stereocenters. The number of carboxylic acid groups (broad SMARTS) is 1. The molecular weight excluding hydrogens is 470 g/mol. The first-order chi connectivity index (χ1) is 17.8. The molecule has 4 rings (SSSR count). The molecule has 3 N–H and O–H groups in total. The molecule has 37 heavy (non-hydrogen) atoms. The van der Waals surface area contributed by atoms with Crippen LogP contribution in [0.25, 0.3) is 11.1 Å². The van der Waals surface area contributed by atoms with E-state index < -0.39 is 12.0 Å². The third-order valence-corrected chi connectivity index (χ3v) is 6.56. The summed E-state index contributed by atoms with van der Waals surface area (Å²) < 4.78 is 5.12. The second-order valence-electron chi connectivity index (χ2n) is 9.35. The SMILES string of the molecule is COc1ccc(-c2ccc(NC(=O)[C@H]3CCCN3C(=O)Nc3ccc(C(C)C)cc3)cc2)cc1C(=O)O. The van der Waals surface area contributed by atoms with Crippen LogP contribution in [0, 0.1) is 0 Å². The minimum Gasteiger partial charge on any atom is -0.496 e. The molecule has 8 heteroatoms. The monoisotopic (exact) mass is 501 g/mol. The minimum atomic E-state index is -1.07. The summed E-state index contributed by atoms with van der Waals surface area (Å²) in [5.41, 5.74) is 4.08. The number of methoxy groups -OCH3 is 1. The van der Waals surface area contributed by atoms with Crippen LogP contribution < -0.4 is 15.4 Å². The van der Waals surface area contributed by atoms with Crippen LogP contribution in [0.3, 0.4) is 0 Å². The molecule has 0 bridgehead atoms. The number of hydrogen-bond donors (Lipinski definition) is 3. The number of nitrogens with zero attached hydrogens (tertiary/aromatic N) is 1. The van der Waals surface area contributed by atoms with Gasteiger partial charge in [0.1, 0.15) is 17.4 Å². The molecule has 0 radical (unpaired) electrons. The Bertz CT molecular complexity index is 1290. The van der Waals surface area contributed by atoms with E-state index in [1.54, 1.807) is 35.2 Å². The van der Waals surface area contributed by atoms with Crippen molar-refractivity contribution >= 4 is 29.3 Å². The highest BCUT2D eigenvalue weighted by Crippen LogP contribution is 2.28. The number of anilines is 2. The van der Waals surface area contributed by atoms with Crippen LogP contribution in [-0.2, 0) is 4.79 Å². The first-order valence-corrected chi connectivity index (χ1v) is 12.3. The molecule has 1 aliphatic heterocycles. The highest BCUT2D eigenvalue weighted by Gasteiger charge is 2.34. The number of nitrogens with one attached hydrogen (secondary N) is 2. The molecule has 1 aliphatic rings. The van der Waals surface area contributed by atoms with Crippen molar-refractivity contribution in [2.45, 2.75) is 38.6 Å². The molecule has 0 aromatic heterocycles. The Balaban J connectivity index is 1.40. The fourth-order valence-electron chi connectivity index (χ4n) is 4.46. The lowest BCUT2D eigenvalue weighted by atomic mass is 10.0. The molecule has 3 amide bonds. The summed E-state index contributed by atoms with van der Waals surface area (Å²) in [5, 5.41) is 15.2. The summed E-state index contributed by atoms with van der Waals surface area (Å²) in [5.74, 6) is -0.616. The number of likely N-dealkylation sites (tertiary alicyclic amines) is 1. The van der Waals surface area contributed by atoms with Crippen molar-refractivity contribution in [3.63, 3.8) is 0 Å². The van der Waals surface area contributed by atoms with Gasteiger partial charge in [-0.25, -0.2) is 9.59 Å². The first kappa shape index (κ1) is 25.8. The van der Waals surface area contributed by atoms with E-state index in [1.807, 2.05) is 36.4 Å². The Hall–Kier alpha value is -4.33. The number of rotatable bonds is 7. The second-order valence-corrected chi connectivity index (χ2v) is 9.35. The van der Waals surface area contributed by atoms with Gasteiger partial charge in [0.25, 0.3) is 0 Å². The lowest BCUT2D eigenvalue weighted by molar-refractivity contribution is -0.119. The number of hydrogen-bond acceptors (Lipinski definition) is 4. The third-order valence-electron chi connectivity index (χ3n) is 6.56. The van der Waals surface area contributed by atoms with Crippen LogP contribution in [0.15, 0.2) is 66.7 Å². The van der Waals surface area contributed by atoms with E-state index in [0.29, 0.717) is 30.3 Å². The summed E-state index contributed by atoms with van der Waals surface area (Å²) in [6, 6.07) is 19.0. The van der Waals surface area contributed by atoms with Gasteiger partial charge in [0.15, 0.2) is 0 Å². The normalized spacial score (nSPS) is 14.9. The smallest absolute Gasteiger partial charge is 0.339 e. The number of carboxylic acids is 1. The standard InChI is InChI=1S/C29H31N3O5/c1-18(2)19-6-11-23(12-7-19)31-29(36)32-16-4-5-25(32)27(33)30-22-13-8-20(9-14-22)21-10-15-26(37-3)24(17-21)28(34)35/h6-15,17-18,25H,4-5,16H2,1-3H3,(H,30,33)(H,31,36)(H,34,35)/t25-/m1/s1. The Kier molecular flexibility index (Phi) is 7.77.